The minimum Gasteiger partial charge on any atom is -0.345 e. The molecular formula is C11H18O2. The molecule has 0 aromatic carbocycles. The Morgan fingerprint density at radius 3 is 1.92 bits per heavy atom. The van der Waals surface area contributed by atoms with E-state index in [-0.39, 0.29) is 5.79 Å². The van der Waals surface area contributed by atoms with Crippen molar-refractivity contribution in [2.75, 3.05) is 0 Å². The van der Waals surface area contributed by atoms with E-state index in [1.165, 1.54) is 0 Å². The molecule has 0 aromatic heterocycles. The lowest BCUT2D eigenvalue weighted by atomic mass is 10.0. The Kier molecular flexibility index (Phi) is 2.43. The number of allylic oxidation sites excluding steroid dienone is 2. The van der Waals surface area contributed by atoms with Crippen molar-refractivity contribution in [2.45, 2.75) is 57.5 Å². The monoisotopic (exact) mass is 182 g/mol. The molecule has 1 fully saturated rings. The van der Waals surface area contributed by atoms with E-state index in [1.54, 1.807) is 0 Å². The highest BCUT2D eigenvalue weighted by Crippen LogP contribution is 2.33. The highest BCUT2D eigenvalue weighted by atomic mass is 16.7. The van der Waals surface area contributed by atoms with Gasteiger partial charge in [0, 0.05) is 0 Å². The van der Waals surface area contributed by atoms with Crippen LogP contribution in [0.25, 0.3) is 0 Å². The second kappa shape index (κ2) is 3.43. The number of ether oxygens (including phenoxy) is 2. The largest absolute Gasteiger partial charge is 0.345 e. The first kappa shape index (κ1) is 9.22. The van der Waals surface area contributed by atoms with E-state index >= 15 is 0 Å². The molecule has 0 bridgehead atoms. The van der Waals surface area contributed by atoms with Gasteiger partial charge < -0.3 is 9.47 Å². The maximum atomic E-state index is 5.83. The van der Waals surface area contributed by atoms with Crippen molar-refractivity contribution in [2.24, 2.45) is 0 Å². The molecule has 1 aliphatic heterocycles. The molecule has 2 aliphatic rings. The van der Waals surface area contributed by atoms with Gasteiger partial charge in [-0.3, -0.25) is 0 Å². The van der Waals surface area contributed by atoms with Crippen molar-refractivity contribution < 1.29 is 9.47 Å². The molecular weight excluding hydrogens is 164 g/mol. The molecule has 1 aliphatic carbocycles. The summed E-state index contributed by atoms with van der Waals surface area (Å²) in [7, 11) is 0. The van der Waals surface area contributed by atoms with E-state index in [0.29, 0.717) is 12.2 Å². The van der Waals surface area contributed by atoms with Gasteiger partial charge in [0.1, 0.15) is 0 Å². The zero-order chi connectivity index (χ0) is 9.31. The molecule has 2 nitrogen and oxygen atoms in total. The number of hydrogen-bond acceptors (Lipinski definition) is 2. The normalized spacial score (nSPS) is 38.0. The number of fused-ring (bicyclic) bond motifs is 1. The summed E-state index contributed by atoms with van der Waals surface area (Å²) in [5.74, 6) is -0.361. The van der Waals surface area contributed by atoms with E-state index in [4.69, 9.17) is 9.47 Å². The molecule has 1 saturated heterocycles. The van der Waals surface area contributed by atoms with Crippen LogP contribution in [0.4, 0.5) is 0 Å². The van der Waals surface area contributed by atoms with Gasteiger partial charge >= 0.3 is 0 Å². The van der Waals surface area contributed by atoms with E-state index in [9.17, 15) is 0 Å². The minimum atomic E-state index is -0.361. The van der Waals surface area contributed by atoms with Gasteiger partial charge in [0.2, 0.25) is 0 Å². The molecule has 0 N–H and O–H groups in total. The second-order valence-corrected chi connectivity index (χ2v) is 4.34. The van der Waals surface area contributed by atoms with Crippen molar-refractivity contribution in [1.29, 1.82) is 0 Å². The SMILES string of the molecule is CC1(C)O[C@@H]2CCC=CCC[C@H]2O1. The van der Waals surface area contributed by atoms with Gasteiger partial charge in [0.25, 0.3) is 0 Å². The molecule has 0 amide bonds. The van der Waals surface area contributed by atoms with Crippen molar-refractivity contribution in [3.63, 3.8) is 0 Å². The van der Waals surface area contributed by atoms with Crippen LogP contribution in [0.15, 0.2) is 12.2 Å². The lowest BCUT2D eigenvalue weighted by molar-refractivity contribution is -0.146. The second-order valence-electron chi connectivity index (χ2n) is 4.34. The quantitative estimate of drug-likeness (QED) is 0.536. The van der Waals surface area contributed by atoms with E-state index in [2.05, 4.69) is 12.2 Å². The summed E-state index contributed by atoms with van der Waals surface area (Å²) in [5, 5.41) is 0. The summed E-state index contributed by atoms with van der Waals surface area (Å²) in [6.07, 6.45) is 9.60. The van der Waals surface area contributed by atoms with Crippen LogP contribution in [0.5, 0.6) is 0 Å². The maximum absolute atomic E-state index is 5.83. The fourth-order valence-corrected chi connectivity index (χ4v) is 2.15. The average Bonchev–Trinajstić information content (AvgIpc) is 2.27. The first-order valence-electron chi connectivity index (χ1n) is 5.18. The van der Waals surface area contributed by atoms with E-state index in [0.717, 1.165) is 25.7 Å². The molecule has 13 heavy (non-hydrogen) atoms. The minimum absolute atomic E-state index is 0.319. The Balaban J connectivity index is 2.03. The lowest BCUT2D eigenvalue weighted by Crippen LogP contribution is -2.22. The van der Waals surface area contributed by atoms with Crippen LogP contribution in [0.3, 0.4) is 0 Å². The van der Waals surface area contributed by atoms with E-state index in [1.807, 2.05) is 13.8 Å². The molecule has 2 heteroatoms. The van der Waals surface area contributed by atoms with Crippen LogP contribution >= 0.6 is 0 Å². The first-order chi connectivity index (χ1) is 6.17. The predicted molar refractivity (Wildman–Crippen MR) is 51.4 cm³/mol. The lowest BCUT2D eigenvalue weighted by Gasteiger charge is -2.16. The highest BCUT2D eigenvalue weighted by molar-refractivity contribution is 4.91. The Bertz CT molecular complexity index is 188. The molecule has 2 atom stereocenters. The summed E-state index contributed by atoms with van der Waals surface area (Å²) in [6.45, 7) is 4.01. The Hall–Kier alpha value is -0.340. The van der Waals surface area contributed by atoms with Gasteiger partial charge in [-0.05, 0) is 39.5 Å². The van der Waals surface area contributed by atoms with Crippen LogP contribution in [0.2, 0.25) is 0 Å². The average molecular weight is 182 g/mol. The van der Waals surface area contributed by atoms with Crippen molar-refractivity contribution in [3.05, 3.63) is 12.2 Å². The first-order valence-corrected chi connectivity index (χ1v) is 5.18. The van der Waals surface area contributed by atoms with Crippen molar-refractivity contribution in [1.82, 2.24) is 0 Å². The predicted octanol–water partition coefficient (Wildman–Crippen LogP) is 2.64. The molecule has 0 aromatic rings. The van der Waals surface area contributed by atoms with Crippen LogP contribution in [0.1, 0.15) is 39.5 Å². The summed E-state index contributed by atoms with van der Waals surface area (Å²) in [6, 6.07) is 0. The zero-order valence-corrected chi connectivity index (χ0v) is 8.45. The molecule has 0 radical (unpaired) electrons. The topological polar surface area (TPSA) is 18.5 Å². The fourth-order valence-electron chi connectivity index (χ4n) is 2.15. The summed E-state index contributed by atoms with van der Waals surface area (Å²) < 4.78 is 11.7. The van der Waals surface area contributed by atoms with Crippen molar-refractivity contribution in [3.8, 4) is 0 Å². The van der Waals surface area contributed by atoms with Gasteiger partial charge in [0.15, 0.2) is 5.79 Å². The van der Waals surface area contributed by atoms with Gasteiger partial charge in [-0.15, -0.1) is 0 Å². The Morgan fingerprint density at radius 2 is 1.46 bits per heavy atom. The van der Waals surface area contributed by atoms with Gasteiger partial charge in [0.05, 0.1) is 12.2 Å². The molecule has 1 heterocycles. The van der Waals surface area contributed by atoms with Gasteiger partial charge in [-0.25, -0.2) is 0 Å². The van der Waals surface area contributed by atoms with Crippen LogP contribution in [-0.2, 0) is 9.47 Å². The molecule has 0 spiro atoms. The van der Waals surface area contributed by atoms with Gasteiger partial charge in [-0.2, -0.15) is 0 Å². The third-order valence-corrected chi connectivity index (χ3v) is 2.69. The summed E-state index contributed by atoms with van der Waals surface area (Å²) in [5.41, 5.74) is 0. The number of rotatable bonds is 0. The molecule has 0 saturated carbocycles. The highest BCUT2D eigenvalue weighted by Gasteiger charge is 2.40. The zero-order valence-electron chi connectivity index (χ0n) is 8.45. The van der Waals surface area contributed by atoms with Crippen LogP contribution in [-0.4, -0.2) is 18.0 Å². The summed E-state index contributed by atoms with van der Waals surface area (Å²) in [4.78, 5) is 0. The van der Waals surface area contributed by atoms with Crippen LogP contribution in [0, 0.1) is 0 Å². The van der Waals surface area contributed by atoms with Crippen molar-refractivity contribution >= 4 is 0 Å². The standard InChI is InChI=1S/C11H18O2/c1-11(2)12-9-7-5-3-4-6-8-10(9)13-11/h3-4,9-10H,5-8H2,1-2H3/t9-,10-/m1/s1. The smallest absolute Gasteiger partial charge is 0.163 e. The third-order valence-electron chi connectivity index (χ3n) is 2.69. The fraction of sp³-hybridized carbons (Fsp3) is 0.818. The van der Waals surface area contributed by atoms with E-state index < -0.39 is 0 Å². The summed E-state index contributed by atoms with van der Waals surface area (Å²) >= 11 is 0. The molecule has 2 rings (SSSR count). The Morgan fingerprint density at radius 1 is 1.00 bits per heavy atom. The van der Waals surface area contributed by atoms with Gasteiger partial charge in [-0.1, -0.05) is 12.2 Å². The third kappa shape index (κ3) is 2.12. The number of hydrogen-bond donors (Lipinski definition) is 0. The Labute approximate surface area is 79.9 Å². The van der Waals surface area contributed by atoms with Crippen LogP contribution < -0.4 is 0 Å². The maximum Gasteiger partial charge on any atom is 0.163 e. The molecule has 74 valence electrons. The molecule has 0 unspecified atom stereocenters.